The Morgan fingerprint density at radius 2 is 1.87 bits per heavy atom. The Bertz CT molecular complexity index is 233. The van der Waals surface area contributed by atoms with Gasteiger partial charge in [0, 0.05) is 0 Å². The van der Waals surface area contributed by atoms with Crippen LogP contribution in [0.2, 0.25) is 0 Å². The SMILES string of the molecule is CCCNCC(=O)C(C(=O)[O-])[N+](C)(C)C. The van der Waals surface area contributed by atoms with E-state index in [-0.39, 0.29) is 16.8 Å². The first kappa shape index (κ1) is 14.1. The first-order chi connectivity index (χ1) is 6.80. The molecule has 0 rings (SSSR count). The van der Waals surface area contributed by atoms with Gasteiger partial charge in [0.1, 0.15) is 5.97 Å². The average Bonchev–Trinajstić information content (AvgIpc) is 2.00. The fourth-order valence-electron chi connectivity index (χ4n) is 1.36. The summed E-state index contributed by atoms with van der Waals surface area (Å²) in [4.78, 5) is 22.5. The van der Waals surface area contributed by atoms with Crippen LogP contribution in [0.1, 0.15) is 13.3 Å². The molecule has 0 aliphatic carbocycles. The van der Waals surface area contributed by atoms with Crippen molar-refractivity contribution in [1.29, 1.82) is 0 Å². The standard InChI is InChI=1S/C10H20N2O3/c1-5-6-11-7-8(13)9(10(14)15)12(2,3)4/h9,11H,5-7H2,1-4H3. The zero-order valence-corrected chi connectivity index (χ0v) is 9.87. The van der Waals surface area contributed by atoms with E-state index in [1.54, 1.807) is 21.1 Å². The van der Waals surface area contributed by atoms with Crippen LogP contribution in [0.15, 0.2) is 0 Å². The summed E-state index contributed by atoms with van der Waals surface area (Å²) in [5.41, 5.74) is 0. The molecule has 88 valence electrons. The smallest absolute Gasteiger partial charge is 0.209 e. The molecule has 0 bridgehead atoms. The number of Topliss-reactive ketones (excluding diaryl/α,β-unsaturated/α-hetero) is 1. The summed E-state index contributed by atoms with van der Waals surface area (Å²) in [6, 6.07) is -1.10. The predicted octanol–water partition coefficient (Wildman–Crippen LogP) is -1.62. The highest BCUT2D eigenvalue weighted by molar-refractivity contribution is 6.01. The zero-order chi connectivity index (χ0) is 12.1. The Morgan fingerprint density at radius 1 is 1.33 bits per heavy atom. The summed E-state index contributed by atoms with van der Waals surface area (Å²) < 4.78 is 0.0506. The van der Waals surface area contributed by atoms with Gasteiger partial charge in [-0.15, -0.1) is 0 Å². The molecule has 1 N–H and O–H groups in total. The lowest BCUT2D eigenvalue weighted by Gasteiger charge is -2.33. The molecule has 0 aliphatic rings. The van der Waals surface area contributed by atoms with Gasteiger partial charge in [0.05, 0.1) is 27.7 Å². The van der Waals surface area contributed by atoms with E-state index in [0.29, 0.717) is 6.54 Å². The van der Waals surface area contributed by atoms with Crippen LogP contribution in [0.25, 0.3) is 0 Å². The number of rotatable bonds is 7. The van der Waals surface area contributed by atoms with Gasteiger partial charge >= 0.3 is 0 Å². The van der Waals surface area contributed by atoms with E-state index < -0.39 is 12.0 Å². The number of carboxylic acids is 1. The van der Waals surface area contributed by atoms with Gasteiger partial charge in [-0.25, -0.2) is 0 Å². The van der Waals surface area contributed by atoms with Crippen molar-refractivity contribution in [2.75, 3.05) is 34.2 Å². The number of carbonyl (C=O) groups is 2. The van der Waals surface area contributed by atoms with Gasteiger partial charge < -0.3 is 19.7 Å². The molecule has 1 unspecified atom stereocenters. The Hall–Kier alpha value is -0.940. The number of nitrogens with zero attached hydrogens (tertiary/aromatic N) is 1. The molecule has 0 saturated heterocycles. The quantitative estimate of drug-likeness (QED) is 0.315. The minimum Gasteiger partial charge on any atom is -0.544 e. The van der Waals surface area contributed by atoms with Crippen LogP contribution in [0, 0.1) is 0 Å². The summed E-state index contributed by atoms with van der Waals surface area (Å²) in [6.07, 6.45) is 0.910. The molecule has 0 radical (unpaired) electrons. The second-order valence-corrected chi connectivity index (χ2v) is 4.48. The van der Waals surface area contributed by atoms with Crippen LogP contribution in [-0.4, -0.2) is 56.5 Å². The van der Waals surface area contributed by atoms with Crippen LogP contribution in [0.3, 0.4) is 0 Å². The normalized spacial score (nSPS) is 13.6. The third-order valence-corrected chi connectivity index (χ3v) is 2.03. The van der Waals surface area contributed by atoms with E-state index in [1.807, 2.05) is 6.92 Å². The van der Waals surface area contributed by atoms with Gasteiger partial charge in [-0.05, 0) is 13.0 Å². The van der Waals surface area contributed by atoms with Gasteiger partial charge in [-0.2, -0.15) is 0 Å². The fraction of sp³-hybridized carbons (Fsp3) is 0.800. The highest BCUT2D eigenvalue weighted by Gasteiger charge is 2.32. The number of quaternary nitrogens is 1. The van der Waals surface area contributed by atoms with Crippen molar-refractivity contribution < 1.29 is 19.2 Å². The van der Waals surface area contributed by atoms with Gasteiger partial charge in [0.15, 0.2) is 6.04 Å². The minimum absolute atomic E-state index is 0.0506. The maximum absolute atomic E-state index is 11.6. The van der Waals surface area contributed by atoms with Gasteiger partial charge in [0.2, 0.25) is 5.78 Å². The van der Waals surface area contributed by atoms with E-state index in [2.05, 4.69) is 5.32 Å². The van der Waals surface area contributed by atoms with Gasteiger partial charge in [0.25, 0.3) is 0 Å². The molecule has 0 fully saturated rings. The third kappa shape index (κ3) is 4.90. The lowest BCUT2D eigenvalue weighted by Crippen LogP contribution is -2.60. The van der Waals surface area contributed by atoms with Crippen molar-refractivity contribution in [1.82, 2.24) is 5.32 Å². The Balaban J connectivity index is 4.39. The summed E-state index contributed by atoms with van der Waals surface area (Å²) >= 11 is 0. The lowest BCUT2D eigenvalue weighted by molar-refractivity contribution is -0.880. The maximum Gasteiger partial charge on any atom is 0.209 e. The van der Waals surface area contributed by atoms with E-state index in [9.17, 15) is 14.7 Å². The number of aliphatic carboxylic acids is 1. The van der Waals surface area contributed by atoms with Crippen molar-refractivity contribution in [2.45, 2.75) is 19.4 Å². The largest absolute Gasteiger partial charge is 0.544 e. The Labute approximate surface area is 90.7 Å². The first-order valence-electron chi connectivity index (χ1n) is 5.06. The molecule has 0 heterocycles. The number of ketones is 1. The van der Waals surface area contributed by atoms with E-state index >= 15 is 0 Å². The van der Waals surface area contributed by atoms with E-state index in [0.717, 1.165) is 6.42 Å². The topological polar surface area (TPSA) is 69.2 Å². The number of carbonyl (C=O) groups excluding carboxylic acids is 2. The monoisotopic (exact) mass is 216 g/mol. The molecule has 0 aromatic rings. The number of hydrogen-bond acceptors (Lipinski definition) is 4. The van der Waals surface area contributed by atoms with Crippen LogP contribution < -0.4 is 10.4 Å². The molecular weight excluding hydrogens is 196 g/mol. The van der Waals surface area contributed by atoms with Gasteiger partial charge in [-0.3, -0.25) is 4.79 Å². The van der Waals surface area contributed by atoms with E-state index in [1.165, 1.54) is 0 Å². The summed E-state index contributed by atoms with van der Waals surface area (Å²) in [5.74, 6) is -1.65. The van der Waals surface area contributed by atoms with Crippen molar-refractivity contribution >= 4 is 11.8 Å². The molecule has 15 heavy (non-hydrogen) atoms. The van der Waals surface area contributed by atoms with Crippen LogP contribution in [-0.2, 0) is 9.59 Å². The van der Waals surface area contributed by atoms with Crippen LogP contribution in [0.4, 0.5) is 0 Å². The van der Waals surface area contributed by atoms with E-state index in [4.69, 9.17) is 0 Å². The summed E-state index contributed by atoms with van der Waals surface area (Å²) in [6.45, 7) is 2.78. The number of hydrogen-bond donors (Lipinski definition) is 1. The average molecular weight is 216 g/mol. The summed E-state index contributed by atoms with van der Waals surface area (Å²) in [5, 5.41) is 13.7. The number of likely N-dealkylation sites (N-methyl/N-ethyl adjacent to an activating group) is 1. The Morgan fingerprint density at radius 3 is 2.20 bits per heavy atom. The maximum atomic E-state index is 11.6. The second kappa shape index (κ2) is 5.82. The van der Waals surface area contributed by atoms with Crippen LogP contribution in [0.5, 0.6) is 0 Å². The second-order valence-electron chi connectivity index (χ2n) is 4.48. The molecule has 0 amide bonds. The molecule has 0 aromatic heterocycles. The molecule has 0 saturated carbocycles. The lowest BCUT2D eigenvalue weighted by atomic mass is 10.1. The predicted molar refractivity (Wildman–Crippen MR) is 55.0 cm³/mol. The molecule has 1 atom stereocenters. The fourth-order valence-corrected chi connectivity index (χ4v) is 1.36. The Kier molecular flexibility index (Phi) is 5.46. The van der Waals surface area contributed by atoms with Crippen molar-refractivity contribution in [3.8, 4) is 0 Å². The number of nitrogens with one attached hydrogen (secondary N) is 1. The van der Waals surface area contributed by atoms with Gasteiger partial charge in [-0.1, -0.05) is 6.92 Å². The summed E-state index contributed by atoms with van der Waals surface area (Å²) in [7, 11) is 4.99. The number of carboxylic acid groups (broad SMARTS) is 1. The molecule has 0 aliphatic heterocycles. The first-order valence-corrected chi connectivity index (χ1v) is 5.06. The highest BCUT2D eigenvalue weighted by atomic mass is 16.4. The molecule has 0 aromatic carbocycles. The highest BCUT2D eigenvalue weighted by Crippen LogP contribution is 2.03. The molecule has 0 spiro atoms. The molecule has 5 nitrogen and oxygen atoms in total. The molecular formula is C10H20N2O3. The minimum atomic E-state index is -1.31. The van der Waals surface area contributed by atoms with Crippen molar-refractivity contribution in [3.05, 3.63) is 0 Å². The zero-order valence-electron chi connectivity index (χ0n) is 9.87. The molecule has 5 heteroatoms. The van der Waals surface area contributed by atoms with Crippen LogP contribution >= 0.6 is 0 Å². The van der Waals surface area contributed by atoms with Crippen molar-refractivity contribution in [2.24, 2.45) is 0 Å². The third-order valence-electron chi connectivity index (χ3n) is 2.03. The van der Waals surface area contributed by atoms with Crippen molar-refractivity contribution in [3.63, 3.8) is 0 Å².